The molecule has 0 amide bonds. The summed E-state index contributed by atoms with van der Waals surface area (Å²) in [5.74, 6) is 0.314. The molecule has 0 aliphatic rings. The van der Waals surface area contributed by atoms with E-state index in [-0.39, 0.29) is 0 Å². The Morgan fingerprint density at radius 2 is 1.61 bits per heavy atom. The largest absolute Gasteiger partial charge is 0.446 e. The maximum atomic E-state index is 9.03. The minimum Gasteiger partial charge on any atom is -0.446 e. The van der Waals surface area contributed by atoms with E-state index in [2.05, 4.69) is 11.1 Å². The van der Waals surface area contributed by atoms with Crippen molar-refractivity contribution in [3.8, 4) is 34.5 Å². The highest BCUT2D eigenvalue weighted by atomic mass is 16.3. The highest BCUT2D eigenvalue weighted by molar-refractivity contribution is 5.84. The maximum absolute atomic E-state index is 9.03. The first-order valence-electron chi connectivity index (χ1n) is 8.67. The van der Waals surface area contributed by atoms with E-state index in [0.29, 0.717) is 16.9 Å². The second-order valence-corrected chi connectivity index (χ2v) is 6.47. The molecule has 0 bridgehead atoms. The number of fused-ring (bicyclic) bond motifs is 2. The van der Waals surface area contributed by atoms with Crippen LogP contribution in [-0.2, 0) is 0 Å². The third kappa shape index (κ3) is 2.59. The molecule has 0 N–H and O–H groups in total. The van der Waals surface area contributed by atoms with Gasteiger partial charge in [0.15, 0.2) is 0 Å². The summed E-state index contributed by atoms with van der Waals surface area (Å²) in [5.41, 5.74) is 5.95. The van der Waals surface area contributed by atoms with Crippen LogP contribution in [0.4, 0.5) is 0 Å². The number of rotatable bonds is 2. The van der Waals surface area contributed by atoms with Crippen molar-refractivity contribution in [3.63, 3.8) is 0 Å². The molecule has 0 saturated heterocycles. The first-order valence-corrected chi connectivity index (χ1v) is 8.67. The summed E-state index contributed by atoms with van der Waals surface area (Å²) >= 11 is 0. The van der Waals surface area contributed by atoms with Gasteiger partial charge in [-0.3, -0.25) is 0 Å². The summed E-state index contributed by atoms with van der Waals surface area (Å²) in [5, 5.41) is 18.9. The van der Waals surface area contributed by atoms with Crippen LogP contribution in [0.5, 0.6) is 0 Å². The van der Waals surface area contributed by atoms with Gasteiger partial charge in [0.05, 0.1) is 17.3 Å². The van der Waals surface area contributed by atoms with Crippen molar-refractivity contribution in [2.45, 2.75) is 0 Å². The molecule has 0 unspecified atom stereocenters. The molecule has 3 aromatic heterocycles. The second-order valence-electron chi connectivity index (χ2n) is 6.47. The zero-order chi connectivity index (χ0) is 19.1. The van der Waals surface area contributed by atoms with Gasteiger partial charge in [-0.2, -0.15) is 10.5 Å². The number of hydrogen-bond acceptors (Lipinski definition) is 4. The van der Waals surface area contributed by atoms with Crippen molar-refractivity contribution in [1.29, 1.82) is 10.5 Å². The molecule has 0 spiro atoms. The molecular weight excluding hydrogens is 348 g/mol. The SMILES string of the molecule is N#Cc1ccn2cc(-c3ccc(-c4ccc5cc(C#N)oc5c4)cc3)nc2c1. The van der Waals surface area contributed by atoms with Crippen LogP contribution in [0.1, 0.15) is 11.3 Å². The monoisotopic (exact) mass is 360 g/mol. The maximum Gasteiger partial charge on any atom is 0.204 e. The molecule has 0 radical (unpaired) electrons. The summed E-state index contributed by atoms with van der Waals surface area (Å²) in [6.07, 6.45) is 3.79. The first kappa shape index (κ1) is 15.9. The summed E-state index contributed by atoms with van der Waals surface area (Å²) in [6.45, 7) is 0. The summed E-state index contributed by atoms with van der Waals surface area (Å²) < 4.78 is 7.43. The first-order chi connectivity index (χ1) is 13.7. The van der Waals surface area contributed by atoms with E-state index in [4.69, 9.17) is 14.9 Å². The molecule has 0 aliphatic carbocycles. The van der Waals surface area contributed by atoms with Crippen LogP contribution in [0.2, 0.25) is 0 Å². The Hall–Kier alpha value is -4.35. The molecular formula is C23H12N4O. The van der Waals surface area contributed by atoms with Crippen molar-refractivity contribution in [1.82, 2.24) is 9.38 Å². The molecule has 0 saturated carbocycles. The van der Waals surface area contributed by atoms with E-state index >= 15 is 0 Å². The highest BCUT2D eigenvalue weighted by Crippen LogP contribution is 2.28. The molecule has 28 heavy (non-hydrogen) atoms. The number of benzene rings is 2. The molecule has 0 fully saturated rings. The average molecular weight is 360 g/mol. The molecule has 5 rings (SSSR count). The summed E-state index contributed by atoms with van der Waals surface area (Å²) in [6, 6.07) is 23.5. The zero-order valence-corrected chi connectivity index (χ0v) is 14.6. The van der Waals surface area contributed by atoms with E-state index in [0.717, 1.165) is 33.4 Å². The fourth-order valence-corrected chi connectivity index (χ4v) is 3.29. The lowest BCUT2D eigenvalue weighted by Gasteiger charge is -2.03. The van der Waals surface area contributed by atoms with Gasteiger partial charge < -0.3 is 8.82 Å². The van der Waals surface area contributed by atoms with Gasteiger partial charge in [-0.15, -0.1) is 0 Å². The van der Waals surface area contributed by atoms with Gasteiger partial charge in [0.25, 0.3) is 0 Å². The molecule has 5 aromatic rings. The Morgan fingerprint density at radius 3 is 2.39 bits per heavy atom. The molecule has 130 valence electrons. The minimum absolute atomic E-state index is 0.314. The van der Waals surface area contributed by atoms with Crippen molar-refractivity contribution in [2.24, 2.45) is 0 Å². The Balaban J connectivity index is 1.50. The van der Waals surface area contributed by atoms with E-state index in [1.165, 1.54) is 0 Å². The number of pyridine rings is 1. The van der Waals surface area contributed by atoms with E-state index < -0.39 is 0 Å². The zero-order valence-electron chi connectivity index (χ0n) is 14.6. The minimum atomic E-state index is 0.314. The standard InChI is InChI=1S/C23H12N4O/c24-12-15-7-8-27-14-21(26-23(27)9-15)17-3-1-16(2-4-17)18-5-6-19-10-20(13-25)28-22(19)11-18/h1-11,14H. The summed E-state index contributed by atoms with van der Waals surface area (Å²) in [7, 11) is 0. The average Bonchev–Trinajstić information content (AvgIpc) is 3.36. The Morgan fingerprint density at radius 1 is 0.821 bits per heavy atom. The normalized spacial score (nSPS) is 10.8. The van der Waals surface area contributed by atoms with Crippen LogP contribution in [0, 0.1) is 22.7 Å². The lowest BCUT2D eigenvalue weighted by Crippen LogP contribution is -1.82. The third-order valence-corrected chi connectivity index (χ3v) is 4.73. The Bertz CT molecular complexity index is 1390. The predicted octanol–water partition coefficient (Wildman–Crippen LogP) is 5.16. The van der Waals surface area contributed by atoms with Crippen LogP contribution in [0.25, 0.3) is 39.0 Å². The van der Waals surface area contributed by atoms with Gasteiger partial charge >= 0.3 is 0 Å². The molecule has 5 nitrogen and oxygen atoms in total. The quantitative estimate of drug-likeness (QED) is 0.436. The number of furan rings is 1. The molecule has 2 aromatic carbocycles. The van der Waals surface area contributed by atoms with Gasteiger partial charge in [-0.05, 0) is 29.3 Å². The van der Waals surface area contributed by atoms with Crippen LogP contribution in [-0.4, -0.2) is 9.38 Å². The predicted molar refractivity (Wildman–Crippen MR) is 105 cm³/mol. The van der Waals surface area contributed by atoms with Crippen molar-refractivity contribution in [2.75, 3.05) is 0 Å². The molecule has 0 aliphatic heterocycles. The fraction of sp³-hybridized carbons (Fsp3) is 0. The van der Waals surface area contributed by atoms with Crippen LogP contribution in [0.15, 0.2) is 77.5 Å². The molecule has 0 atom stereocenters. The van der Waals surface area contributed by atoms with Gasteiger partial charge in [0, 0.05) is 29.4 Å². The topological polar surface area (TPSA) is 78.0 Å². The van der Waals surface area contributed by atoms with Crippen molar-refractivity contribution < 1.29 is 4.42 Å². The van der Waals surface area contributed by atoms with E-state index in [1.54, 1.807) is 18.2 Å². The Labute approximate surface area is 160 Å². The number of nitrogens with zero attached hydrogens (tertiary/aromatic N) is 4. The van der Waals surface area contributed by atoms with E-state index in [9.17, 15) is 0 Å². The van der Waals surface area contributed by atoms with Crippen LogP contribution < -0.4 is 0 Å². The smallest absolute Gasteiger partial charge is 0.204 e. The molecule has 3 heterocycles. The number of nitriles is 2. The lowest BCUT2D eigenvalue weighted by molar-refractivity contribution is 0.599. The third-order valence-electron chi connectivity index (χ3n) is 4.73. The van der Waals surface area contributed by atoms with Crippen LogP contribution >= 0.6 is 0 Å². The summed E-state index contributed by atoms with van der Waals surface area (Å²) in [4.78, 5) is 4.61. The van der Waals surface area contributed by atoms with Gasteiger partial charge in [0.2, 0.25) is 5.76 Å². The Kier molecular flexibility index (Phi) is 3.47. The van der Waals surface area contributed by atoms with Gasteiger partial charge in [0.1, 0.15) is 17.3 Å². The van der Waals surface area contributed by atoms with Crippen LogP contribution in [0.3, 0.4) is 0 Å². The van der Waals surface area contributed by atoms with Crippen molar-refractivity contribution >= 4 is 16.6 Å². The second kappa shape index (κ2) is 6.12. The number of imidazole rings is 1. The fourth-order valence-electron chi connectivity index (χ4n) is 3.29. The highest BCUT2D eigenvalue weighted by Gasteiger charge is 2.08. The van der Waals surface area contributed by atoms with Crippen molar-refractivity contribution in [3.05, 3.63) is 84.4 Å². The van der Waals surface area contributed by atoms with Gasteiger partial charge in [-0.1, -0.05) is 36.4 Å². The molecule has 5 heteroatoms. The van der Waals surface area contributed by atoms with E-state index in [1.807, 2.05) is 65.3 Å². The lowest BCUT2D eigenvalue weighted by atomic mass is 10.0. The number of hydrogen-bond donors (Lipinski definition) is 0. The van der Waals surface area contributed by atoms with Gasteiger partial charge in [-0.25, -0.2) is 4.98 Å². The number of aromatic nitrogens is 2.